The first kappa shape index (κ1) is 40.9. The van der Waals surface area contributed by atoms with E-state index in [4.69, 9.17) is 9.47 Å². The number of rotatable bonds is 31. The molecule has 248 valence electrons. The summed E-state index contributed by atoms with van der Waals surface area (Å²) < 4.78 is 10.5. The highest BCUT2D eigenvalue weighted by atomic mass is 16.6. The van der Waals surface area contributed by atoms with Crippen molar-refractivity contribution in [2.24, 2.45) is 0 Å². The van der Waals surface area contributed by atoms with Gasteiger partial charge in [-0.05, 0) is 77.0 Å². The molecule has 0 fully saturated rings. The average Bonchev–Trinajstić information content (AvgIpc) is 3.01. The summed E-state index contributed by atoms with van der Waals surface area (Å²) in [5.41, 5.74) is 0. The van der Waals surface area contributed by atoms with E-state index < -0.39 is 6.10 Å². The first-order valence-electron chi connectivity index (χ1n) is 17.7. The predicted molar refractivity (Wildman–Crippen MR) is 182 cm³/mol. The molecule has 0 spiro atoms. The number of unbranched alkanes of at least 4 members (excludes halogenated alkanes) is 15. The third-order valence-electron chi connectivity index (χ3n) is 7.35. The quantitative estimate of drug-likeness (QED) is 0.0485. The van der Waals surface area contributed by atoms with Gasteiger partial charge < -0.3 is 14.6 Å². The van der Waals surface area contributed by atoms with E-state index in [1.54, 1.807) is 0 Å². The fourth-order valence-corrected chi connectivity index (χ4v) is 4.61. The highest BCUT2D eigenvalue weighted by molar-refractivity contribution is 5.70. The molecule has 5 nitrogen and oxygen atoms in total. The first-order chi connectivity index (χ1) is 21.1. The van der Waals surface area contributed by atoms with Gasteiger partial charge in [0.1, 0.15) is 6.61 Å². The molecule has 0 unspecified atom stereocenters. The number of aliphatic hydroxyl groups excluding tert-OH is 1. The molecular weight excluding hydrogens is 536 g/mol. The molecule has 0 rings (SSSR count). The Balaban J connectivity index is 3.68. The van der Waals surface area contributed by atoms with E-state index in [1.165, 1.54) is 77.0 Å². The summed E-state index contributed by atoms with van der Waals surface area (Å²) >= 11 is 0. The standard InChI is InChI=1S/C38H66O5/c1-3-5-7-9-11-13-15-17-19-21-22-24-26-28-30-32-37(40)42-35-36(34-39)43-38(41)33-31-29-27-25-23-20-18-16-14-12-10-8-6-4-2/h11,13,16-19,22,24,36,39H,3-10,12,14-15,20-21,23,25-35H2,1-2H3/b13-11-,18-16-,19-17-,24-22-/t36-/m0/s1. The molecule has 1 atom stereocenters. The van der Waals surface area contributed by atoms with Crippen LogP contribution in [0, 0.1) is 0 Å². The van der Waals surface area contributed by atoms with Crippen molar-refractivity contribution in [3.8, 4) is 0 Å². The van der Waals surface area contributed by atoms with Gasteiger partial charge >= 0.3 is 11.9 Å². The van der Waals surface area contributed by atoms with Crippen molar-refractivity contribution < 1.29 is 24.2 Å². The van der Waals surface area contributed by atoms with E-state index >= 15 is 0 Å². The summed E-state index contributed by atoms with van der Waals surface area (Å²) in [4.78, 5) is 24.1. The summed E-state index contributed by atoms with van der Waals surface area (Å²) in [6.45, 7) is 4.04. The molecule has 0 radical (unpaired) electrons. The van der Waals surface area contributed by atoms with Gasteiger partial charge in [-0.2, -0.15) is 0 Å². The number of aliphatic hydroxyl groups is 1. The van der Waals surface area contributed by atoms with E-state index in [1.807, 2.05) is 0 Å². The van der Waals surface area contributed by atoms with E-state index in [0.717, 1.165) is 57.8 Å². The molecule has 5 heteroatoms. The lowest BCUT2D eigenvalue weighted by Gasteiger charge is -2.15. The van der Waals surface area contributed by atoms with Crippen LogP contribution in [-0.4, -0.2) is 36.4 Å². The maximum absolute atomic E-state index is 12.1. The number of carbonyl (C=O) groups excluding carboxylic acids is 2. The highest BCUT2D eigenvalue weighted by Crippen LogP contribution is 2.11. The Morgan fingerprint density at radius 2 is 0.930 bits per heavy atom. The van der Waals surface area contributed by atoms with Gasteiger partial charge in [0, 0.05) is 12.8 Å². The van der Waals surface area contributed by atoms with Crippen molar-refractivity contribution in [1.29, 1.82) is 0 Å². The van der Waals surface area contributed by atoms with Crippen LogP contribution < -0.4 is 0 Å². The van der Waals surface area contributed by atoms with Gasteiger partial charge in [-0.15, -0.1) is 0 Å². The van der Waals surface area contributed by atoms with Crippen LogP contribution in [0.1, 0.15) is 162 Å². The molecule has 0 saturated carbocycles. The smallest absolute Gasteiger partial charge is 0.306 e. The van der Waals surface area contributed by atoms with Gasteiger partial charge in [0.2, 0.25) is 0 Å². The Labute approximate surface area is 265 Å². The molecule has 0 aliphatic rings. The number of carbonyl (C=O) groups is 2. The first-order valence-corrected chi connectivity index (χ1v) is 17.7. The SMILES string of the molecule is CCCCC/C=C\C/C=C\C/C=C\CCCCC(=O)OC[C@H](CO)OC(=O)CCCCCCC/C=C\CCCCCCC. The molecule has 0 heterocycles. The Hall–Kier alpha value is -2.14. The summed E-state index contributed by atoms with van der Waals surface area (Å²) in [5, 5.41) is 9.51. The maximum atomic E-state index is 12.1. The van der Waals surface area contributed by atoms with Crippen LogP contribution in [0.2, 0.25) is 0 Å². The van der Waals surface area contributed by atoms with E-state index in [0.29, 0.717) is 12.8 Å². The van der Waals surface area contributed by atoms with Crippen molar-refractivity contribution in [3.05, 3.63) is 48.6 Å². The predicted octanol–water partition coefficient (Wildman–Crippen LogP) is 10.7. The minimum absolute atomic E-state index is 0.0898. The molecule has 0 aromatic rings. The minimum atomic E-state index is -0.789. The zero-order chi connectivity index (χ0) is 31.5. The zero-order valence-electron chi connectivity index (χ0n) is 28.0. The lowest BCUT2D eigenvalue weighted by molar-refractivity contribution is -0.161. The van der Waals surface area contributed by atoms with Crippen molar-refractivity contribution in [2.45, 2.75) is 168 Å². The minimum Gasteiger partial charge on any atom is -0.462 e. The van der Waals surface area contributed by atoms with Gasteiger partial charge in [0.05, 0.1) is 6.61 Å². The van der Waals surface area contributed by atoms with Crippen molar-refractivity contribution >= 4 is 11.9 Å². The van der Waals surface area contributed by atoms with Crippen LogP contribution in [0.3, 0.4) is 0 Å². The van der Waals surface area contributed by atoms with Crippen LogP contribution >= 0.6 is 0 Å². The summed E-state index contributed by atoms with van der Waals surface area (Å²) in [5.74, 6) is -0.650. The van der Waals surface area contributed by atoms with Gasteiger partial charge in [-0.3, -0.25) is 9.59 Å². The maximum Gasteiger partial charge on any atom is 0.306 e. The molecule has 0 aliphatic carbocycles. The van der Waals surface area contributed by atoms with Gasteiger partial charge in [0.15, 0.2) is 6.10 Å². The Morgan fingerprint density at radius 3 is 1.51 bits per heavy atom. The van der Waals surface area contributed by atoms with Crippen molar-refractivity contribution in [3.63, 3.8) is 0 Å². The van der Waals surface area contributed by atoms with Crippen LogP contribution in [-0.2, 0) is 19.1 Å². The highest BCUT2D eigenvalue weighted by Gasteiger charge is 2.16. The summed E-state index contributed by atoms with van der Waals surface area (Å²) in [6.07, 6.45) is 41.6. The fourth-order valence-electron chi connectivity index (χ4n) is 4.61. The molecular formula is C38H66O5. The second-order valence-corrected chi connectivity index (χ2v) is 11.6. The second-order valence-electron chi connectivity index (χ2n) is 11.6. The third-order valence-corrected chi connectivity index (χ3v) is 7.35. The Morgan fingerprint density at radius 1 is 0.535 bits per heavy atom. The Bertz CT molecular complexity index is 737. The van der Waals surface area contributed by atoms with Gasteiger partial charge in [0.25, 0.3) is 0 Å². The molecule has 0 saturated heterocycles. The second kappa shape index (κ2) is 34.4. The van der Waals surface area contributed by atoms with Crippen LogP contribution in [0.15, 0.2) is 48.6 Å². The van der Waals surface area contributed by atoms with E-state index in [-0.39, 0.29) is 25.2 Å². The van der Waals surface area contributed by atoms with Gasteiger partial charge in [-0.25, -0.2) is 0 Å². The molecule has 43 heavy (non-hydrogen) atoms. The molecule has 0 aromatic heterocycles. The molecule has 0 amide bonds. The molecule has 1 N–H and O–H groups in total. The lowest BCUT2D eigenvalue weighted by atomic mass is 10.1. The van der Waals surface area contributed by atoms with E-state index in [2.05, 4.69) is 62.5 Å². The number of esters is 2. The van der Waals surface area contributed by atoms with Crippen LogP contribution in [0.25, 0.3) is 0 Å². The topological polar surface area (TPSA) is 72.8 Å². The van der Waals surface area contributed by atoms with Crippen molar-refractivity contribution in [1.82, 2.24) is 0 Å². The summed E-state index contributed by atoms with van der Waals surface area (Å²) in [7, 11) is 0. The third kappa shape index (κ3) is 32.6. The normalized spacial score (nSPS) is 12.7. The lowest BCUT2D eigenvalue weighted by Crippen LogP contribution is -2.28. The fraction of sp³-hybridized carbons (Fsp3) is 0.737. The number of hydrogen-bond acceptors (Lipinski definition) is 5. The van der Waals surface area contributed by atoms with E-state index in [9.17, 15) is 14.7 Å². The Kier molecular flexibility index (Phi) is 32.6. The number of ether oxygens (including phenoxy) is 2. The number of allylic oxidation sites excluding steroid dienone is 8. The molecule has 0 aliphatic heterocycles. The zero-order valence-corrected chi connectivity index (χ0v) is 28.0. The molecule has 0 bridgehead atoms. The average molecular weight is 603 g/mol. The van der Waals surface area contributed by atoms with Crippen molar-refractivity contribution in [2.75, 3.05) is 13.2 Å². The molecule has 0 aromatic carbocycles. The summed E-state index contributed by atoms with van der Waals surface area (Å²) in [6, 6.07) is 0. The van der Waals surface area contributed by atoms with Gasteiger partial charge in [-0.1, -0.05) is 120 Å². The monoisotopic (exact) mass is 602 g/mol. The van der Waals surface area contributed by atoms with Crippen LogP contribution in [0.4, 0.5) is 0 Å². The van der Waals surface area contributed by atoms with Crippen LogP contribution in [0.5, 0.6) is 0 Å². The largest absolute Gasteiger partial charge is 0.462 e. The number of hydrogen-bond donors (Lipinski definition) is 1.